The van der Waals surface area contributed by atoms with E-state index in [2.05, 4.69) is 20.8 Å². The van der Waals surface area contributed by atoms with Crippen LogP contribution in [0.3, 0.4) is 0 Å². The summed E-state index contributed by atoms with van der Waals surface area (Å²) >= 11 is 1.71. The first-order chi connectivity index (χ1) is 17.1. The smallest absolute Gasteiger partial charge is 0.128 e. The van der Waals surface area contributed by atoms with Crippen LogP contribution >= 0.6 is 11.3 Å². The van der Waals surface area contributed by atoms with Crippen molar-refractivity contribution in [1.82, 2.24) is 4.98 Å². The molecule has 36 heavy (non-hydrogen) atoms. The van der Waals surface area contributed by atoms with E-state index in [-0.39, 0.29) is 23.4 Å². The SMILES string of the molecule is Cc1cc2sc(CCC(C)[C@H]3CC[C@H]4[C@@H]5CC[C@@H]6C[C@H](O)CC[C@]6(C)[C@H]5C[C@H](O)[C@]34C)nc2cc1F. The fourth-order valence-electron chi connectivity index (χ4n) is 9.92. The summed E-state index contributed by atoms with van der Waals surface area (Å²) in [5.41, 5.74) is 1.77. The third-order valence-electron chi connectivity index (χ3n) is 12.0. The summed E-state index contributed by atoms with van der Waals surface area (Å²) in [6.07, 6.45) is 10.7. The molecule has 1 heterocycles. The maximum Gasteiger partial charge on any atom is 0.128 e. The Bertz CT molecular complexity index is 1090. The second kappa shape index (κ2) is 9.02. The maximum atomic E-state index is 14.0. The summed E-state index contributed by atoms with van der Waals surface area (Å²) in [6.45, 7) is 9.14. The molecule has 0 spiro atoms. The van der Waals surface area contributed by atoms with E-state index in [9.17, 15) is 14.6 Å². The molecule has 1 aromatic heterocycles. The number of aliphatic hydroxyl groups is 2. The Hall–Kier alpha value is -1.04. The number of aliphatic hydroxyl groups excluding tert-OH is 2. The van der Waals surface area contributed by atoms with E-state index in [1.807, 2.05) is 13.0 Å². The van der Waals surface area contributed by atoms with Crippen LogP contribution in [0.4, 0.5) is 4.39 Å². The van der Waals surface area contributed by atoms with Gasteiger partial charge >= 0.3 is 0 Å². The third kappa shape index (κ3) is 3.81. The van der Waals surface area contributed by atoms with Crippen molar-refractivity contribution in [2.75, 3.05) is 0 Å². The van der Waals surface area contributed by atoms with Gasteiger partial charge in [0.15, 0.2) is 0 Å². The Morgan fingerprint density at radius 2 is 1.89 bits per heavy atom. The Morgan fingerprint density at radius 3 is 2.69 bits per heavy atom. The molecular weight excluding hydrogens is 469 g/mol. The molecule has 4 saturated carbocycles. The minimum atomic E-state index is -0.227. The van der Waals surface area contributed by atoms with Gasteiger partial charge < -0.3 is 10.2 Å². The van der Waals surface area contributed by atoms with Crippen LogP contribution in [0.25, 0.3) is 10.2 Å². The average molecular weight is 514 g/mol. The molecule has 10 atom stereocenters. The lowest BCUT2D eigenvalue weighted by Crippen LogP contribution is -2.58. The maximum absolute atomic E-state index is 14.0. The lowest BCUT2D eigenvalue weighted by atomic mass is 9.43. The number of nitrogens with zero attached hydrogens (tertiary/aromatic N) is 1. The Kier molecular flexibility index (Phi) is 6.33. The summed E-state index contributed by atoms with van der Waals surface area (Å²) in [6, 6.07) is 3.50. The fraction of sp³-hybridized carbons (Fsp3) is 0.774. The van der Waals surface area contributed by atoms with Crippen LogP contribution in [0.15, 0.2) is 12.1 Å². The highest BCUT2D eigenvalue weighted by Gasteiger charge is 2.63. The lowest BCUT2D eigenvalue weighted by molar-refractivity contribution is -0.174. The molecule has 6 rings (SSSR count). The predicted molar refractivity (Wildman–Crippen MR) is 144 cm³/mol. The van der Waals surface area contributed by atoms with Gasteiger partial charge in [0.2, 0.25) is 0 Å². The molecule has 4 aliphatic rings. The highest BCUT2D eigenvalue weighted by Crippen LogP contribution is 2.68. The number of fused-ring (bicyclic) bond motifs is 6. The summed E-state index contributed by atoms with van der Waals surface area (Å²) in [7, 11) is 0. The number of rotatable bonds is 4. The van der Waals surface area contributed by atoms with Gasteiger partial charge in [0.25, 0.3) is 0 Å². The second-order valence-corrected chi connectivity index (χ2v) is 14.7. The molecule has 198 valence electrons. The molecule has 0 aliphatic heterocycles. The number of hydrogen-bond acceptors (Lipinski definition) is 4. The van der Waals surface area contributed by atoms with Crippen molar-refractivity contribution in [1.29, 1.82) is 0 Å². The number of halogens is 1. The summed E-state index contributed by atoms with van der Waals surface area (Å²) < 4.78 is 15.1. The van der Waals surface area contributed by atoms with Gasteiger partial charge in [0.05, 0.1) is 27.4 Å². The minimum absolute atomic E-state index is 0.00575. The predicted octanol–water partition coefficient (Wildman–Crippen LogP) is 7.30. The third-order valence-corrected chi connectivity index (χ3v) is 13.1. The van der Waals surface area contributed by atoms with Crippen molar-refractivity contribution in [2.45, 2.75) is 104 Å². The molecule has 4 aliphatic carbocycles. The topological polar surface area (TPSA) is 53.4 Å². The first-order valence-electron chi connectivity index (χ1n) is 14.5. The largest absolute Gasteiger partial charge is 0.393 e. The highest BCUT2D eigenvalue weighted by molar-refractivity contribution is 7.18. The quantitative estimate of drug-likeness (QED) is 0.451. The fourth-order valence-corrected chi connectivity index (χ4v) is 11.0. The van der Waals surface area contributed by atoms with Crippen molar-refractivity contribution >= 4 is 21.6 Å². The molecule has 0 amide bonds. The first-order valence-corrected chi connectivity index (χ1v) is 15.3. The van der Waals surface area contributed by atoms with Crippen LogP contribution in [0.5, 0.6) is 0 Å². The van der Waals surface area contributed by atoms with Crippen LogP contribution in [-0.4, -0.2) is 27.4 Å². The molecule has 5 heteroatoms. The zero-order valence-corrected chi connectivity index (χ0v) is 23.3. The Labute approximate surface area is 219 Å². The standard InChI is InChI=1S/C31H44FNO2S/c1-17(5-10-29-33-26-16-25(32)18(2)13-27(26)36-29)22-8-9-23-21-7-6-19-14-20(34)11-12-30(19,3)24(21)15-28(35)31(22,23)4/h13,16-17,19-24,28,34-35H,5-12,14-15H2,1-4H3/t17?,19-,20-,21+,22-,23+,24+,28+,30+,31-/m1/s1. The average Bonchev–Trinajstić information content (AvgIpc) is 3.40. The van der Waals surface area contributed by atoms with E-state index >= 15 is 0 Å². The number of hydrogen-bond donors (Lipinski definition) is 2. The number of aromatic nitrogens is 1. The molecule has 2 aromatic rings. The van der Waals surface area contributed by atoms with Crippen molar-refractivity contribution < 1.29 is 14.6 Å². The van der Waals surface area contributed by atoms with Crippen LogP contribution in [-0.2, 0) is 6.42 Å². The first kappa shape index (κ1) is 25.2. The number of thiazole rings is 1. The van der Waals surface area contributed by atoms with Gasteiger partial charge in [-0.2, -0.15) is 0 Å². The minimum Gasteiger partial charge on any atom is -0.393 e. The molecule has 4 fully saturated rings. The van der Waals surface area contributed by atoms with E-state index in [0.29, 0.717) is 40.6 Å². The molecule has 1 unspecified atom stereocenters. The Balaban J connectivity index is 1.18. The Morgan fingerprint density at radius 1 is 1.08 bits per heavy atom. The van der Waals surface area contributed by atoms with E-state index in [0.717, 1.165) is 59.7 Å². The van der Waals surface area contributed by atoms with Gasteiger partial charge in [-0.25, -0.2) is 9.37 Å². The molecule has 0 saturated heterocycles. The van der Waals surface area contributed by atoms with Crippen LogP contribution in [0.2, 0.25) is 0 Å². The summed E-state index contributed by atoms with van der Waals surface area (Å²) in [4.78, 5) is 4.74. The molecular formula is C31H44FNO2S. The van der Waals surface area contributed by atoms with Crippen LogP contribution < -0.4 is 0 Å². The van der Waals surface area contributed by atoms with Crippen molar-refractivity contribution in [3.63, 3.8) is 0 Å². The van der Waals surface area contributed by atoms with Crippen molar-refractivity contribution in [3.05, 3.63) is 28.5 Å². The van der Waals surface area contributed by atoms with E-state index in [1.165, 1.54) is 25.7 Å². The lowest BCUT2D eigenvalue weighted by Gasteiger charge is -2.62. The van der Waals surface area contributed by atoms with Gasteiger partial charge in [0.1, 0.15) is 5.82 Å². The molecule has 1 aromatic carbocycles. The normalized spacial score (nSPS) is 43.1. The van der Waals surface area contributed by atoms with Gasteiger partial charge in [-0.15, -0.1) is 11.3 Å². The van der Waals surface area contributed by atoms with Gasteiger partial charge in [-0.1, -0.05) is 20.8 Å². The van der Waals surface area contributed by atoms with Gasteiger partial charge in [-0.3, -0.25) is 0 Å². The monoisotopic (exact) mass is 513 g/mol. The van der Waals surface area contributed by atoms with E-state index < -0.39 is 0 Å². The van der Waals surface area contributed by atoms with Crippen LogP contribution in [0.1, 0.15) is 89.1 Å². The zero-order valence-electron chi connectivity index (χ0n) is 22.5. The molecule has 3 nitrogen and oxygen atoms in total. The van der Waals surface area contributed by atoms with Gasteiger partial charge in [-0.05, 0) is 129 Å². The van der Waals surface area contributed by atoms with Crippen molar-refractivity contribution in [3.8, 4) is 0 Å². The summed E-state index contributed by atoms with van der Waals surface area (Å²) in [5, 5.41) is 23.2. The number of benzene rings is 1. The molecule has 0 bridgehead atoms. The summed E-state index contributed by atoms with van der Waals surface area (Å²) in [5.74, 6) is 3.50. The zero-order chi connectivity index (χ0) is 25.4. The van der Waals surface area contributed by atoms with Crippen LogP contribution in [0, 0.1) is 59.1 Å². The highest BCUT2D eigenvalue weighted by atomic mass is 32.1. The van der Waals surface area contributed by atoms with Gasteiger partial charge in [0, 0.05) is 6.07 Å². The van der Waals surface area contributed by atoms with Crippen molar-refractivity contribution in [2.24, 2.45) is 46.3 Å². The van der Waals surface area contributed by atoms with E-state index in [1.54, 1.807) is 17.4 Å². The molecule has 0 radical (unpaired) electrons. The van der Waals surface area contributed by atoms with E-state index in [4.69, 9.17) is 4.98 Å². The molecule has 2 N–H and O–H groups in total. The second-order valence-electron chi connectivity index (χ2n) is 13.6. The number of aryl methyl sites for hydroxylation is 2.